The van der Waals surface area contributed by atoms with E-state index in [1.165, 1.54) is 23.8 Å². The SMILES string of the molecule is CC(=O)CC(/C=C\C=C\NCC(=O)N(CC(=O)NCc1cccc(Cl)c1F)C(C)C)NCC1CC1. The van der Waals surface area contributed by atoms with Crippen molar-refractivity contribution in [2.45, 2.75) is 58.7 Å². The summed E-state index contributed by atoms with van der Waals surface area (Å²) in [6, 6.07) is 4.40. The quantitative estimate of drug-likeness (QED) is 0.317. The molecule has 192 valence electrons. The zero-order chi connectivity index (χ0) is 25.8. The van der Waals surface area contributed by atoms with Crippen LogP contribution < -0.4 is 16.0 Å². The lowest BCUT2D eigenvalue weighted by molar-refractivity contribution is -0.136. The van der Waals surface area contributed by atoms with E-state index in [-0.39, 0.29) is 59.9 Å². The Morgan fingerprint density at radius 1 is 1.23 bits per heavy atom. The standard InChI is InChI=1S/C26H36ClFN4O3/c1-18(2)32(17-24(34)31-15-21-7-6-9-23(27)26(21)28)25(35)16-29-12-5-4-8-22(13-19(3)33)30-14-20-10-11-20/h4-9,12,18,20,22,29-30H,10-11,13-17H2,1-3H3,(H,31,34)/b8-4-,12-5+. The number of hydrogen-bond acceptors (Lipinski definition) is 5. The summed E-state index contributed by atoms with van der Waals surface area (Å²) < 4.78 is 14.0. The summed E-state index contributed by atoms with van der Waals surface area (Å²) in [7, 11) is 0. The molecule has 1 aromatic rings. The Morgan fingerprint density at radius 3 is 2.63 bits per heavy atom. The lowest BCUT2D eigenvalue weighted by atomic mass is 10.1. The molecule has 7 nitrogen and oxygen atoms in total. The molecule has 2 rings (SSSR count). The fourth-order valence-corrected chi connectivity index (χ4v) is 3.57. The van der Waals surface area contributed by atoms with Crippen molar-refractivity contribution in [3.05, 3.63) is 59.0 Å². The molecule has 1 saturated carbocycles. The van der Waals surface area contributed by atoms with Gasteiger partial charge in [-0.3, -0.25) is 14.4 Å². The van der Waals surface area contributed by atoms with Gasteiger partial charge in [0.15, 0.2) is 0 Å². The van der Waals surface area contributed by atoms with Crippen molar-refractivity contribution in [1.82, 2.24) is 20.9 Å². The number of benzene rings is 1. The minimum atomic E-state index is -0.567. The summed E-state index contributed by atoms with van der Waals surface area (Å²) in [5.41, 5.74) is 0.279. The zero-order valence-electron chi connectivity index (χ0n) is 20.7. The van der Waals surface area contributed by atoms with E-state index in [9.17, 15) is 18.8 Å². The second kappa shape index (κ2) is 14.6. The molecule has 0 bridgehead atoms. The third-order valence-corrected chi connectivity index (χ3v) is 5.85. The van der Waals surface area contributed by atoms with Gasteiger partial charge in [0.1, 0.15) is 11.6 Å². The summed E-state index contributed by atoms with van der Waals surface area (Å²) >= 11 is 5.77. The lowest BCUT2D eigenvalue weighted by Crippen LogP contribution is -2.46. The minimum absolute atomic E-state index is 0.00489. The normalized spacial score (nSPS) is 14.5. The first-order chi connectivity index (χ1) is 16.7. The third kappa shape index (κ3) is 11.0. The van der Waals surface area contributed by atoms with Gasteiger partial charge in [0.2, 0.25) is 11.8 Å². The van der Waals surface area contributed by atoms with E-state index < -0.39 is 5.82 Å². The van der Waals surface area contributed by atoms with Gasteiger partial charge >= 0.3 is 0 Å². The fraction of sp³-hybridized carbons (Fsp3) is 0.500. The molecule has 1 unspecified atom stereocenters. The predicted molar refractivity (Wildman–Crippen MR) is 136 cm³/mol. The molecule has 1 fully saturated rings. The molecular formula is C26H36ClFN4O3. The molecule has 1 atom stereocenters. The fourth-order valence-electron chi connectivity index (χ4n) is 3.38. The molecule has 0 saturated heterocycles. The first kappa shape index (κ1) is 28.5. The van der Waals surface area contributed by atoms with Gasteiger partial charge in [0, 0.05) is 30.6 Å². The van der Waals surface area contributed by atoms with Crippen molar-refractivity contribution < 1.29 is 18.8 Å². The van der Waals surface area contributed by atoms with Crippen molar-refractivity contribution in [3.8, 4) is 0 Å². The second-order valence-electron chi connectivity index (χ2n) is 9.09. The number of hydrogen-bond donors (Lipinski definition) is 3. The highest BCUT2D eigenvalue weighted by Gasteiger charge is 2.22. The van der Waals surface area contributed by atoms with Gasteiger partial charge < -0.3 is 20.9 Å². The molecule has 2 amide bonds. The van der Waals surface area contributed by atoms with Crippen molar-refractivity contribution in [2.75, 3.05) is 19.6 Å². The number of nitrogens with one attached hydrogen (secondary N) is 3. The summed E-state index contributed by atoms with van der Waals surface area (Å²) in [6.07, 6.45) is 10.1. The van der Waals surface area contributed by atoms with Crippen LogP contribution in [0.4, 0.5) is 4.39 Å². The average Bonchev–Trinajstić information content (AvgIpc) is 3.62. The predicted octanol–water partition coefficient (Wildman–Crippen LogP) is 3.34. The molecule has 1 aromatic carbocycles. The van der Waals surface area contributed by atoms with Crippen molar-refractivity contribution in [1.29, 1.82) is 0 Å². The van der Waals surface area contributed by atoms with E-state index in [2.05, 4.69) is 16.0 Å². The van der Waals surface area contributed by atoms with Crippen LogP contribution in [0.2, 0.25) is 5.02 Å². The molecule has 0 heterocycles. The number of halogens is 2. The number of nitrogens with zero attached hydrogens (tertiary/aromatic N) is 1. The van der Waals surface area contributed by atoms with Crippen LogP contribution in [-0.4, -0.2) is 54.2 Å². The van der Waals surface area contributed by atoms with E-state index in [0.29, 0.717) is 6.42 Å². The number of ketones is 1. The Bertz CT molecular complexity index is 931. The molecule has 1 aliphatic rings. The highest BCUT2D eigenvalue weighted by Crippen LogP contribution is 2.27. The maximum absolute atomic E-state index is 14.0. The van der Waals surface area contributed by atoms with E-state index in [4.69, 9.17) is 11.6 Å². The Balaban J connectivity index is 1.77. The molecule has 0 aromatic heterocycles. The largest absolute Gasteiger partial charge is 0.382 e. The Labute approximate surface area is 212 Å². The smallest absolute Gasteiger partial charge is 0.242 e. The van der Waals surface area contributed by atoms with Crippen LogP contribution in [0.15, 0.2) is 42.6 Å². The number of Topliss-reactive ketones (excluding diaryl/α,β-unsaturated/α-hetero) is 1. The first-order valence-electron chi connectivity index (χ1n) is 12.0. The molecule has 0 spiro atoms. The van der Waals surface area contributed by atoms with E-state index in [1.54, 1.807) is 31.3 Å². The summed E-state index contributed by atoms with van der Waals surface area (Å²) in [6.45, 7) is 6.02. The Hall–Kier alpha value is -2.71. The van der Waals surface area contributed by atoms with Crippen molar-refractivity contribution >= 4 is 29.2 Å². The molecule has 0 aliphatic heterocycles. The van der Waals surface area contributed by atoms with Gasteiger partial charge in [-0.15, -0.1) is 0 Å². The van der Waals surface area contributed by atoms with Crippen molar-refractivity contribution in [3.63, 3.8) is 0 Å². The molecule has 35 heavy (non-hydrogen) atoms. The van der Waals surface area contributed by atoms with Gasteiger partial charge in [0.25, 0.3) is 0 Å². The maximum atomic E-state index is 14.0. The molecule has 1 aliphatic carbocycles. The first-order valence-corrected chi connectivity index (χ1v) is 12.3. The average molecular weight is 507 g/mol. The van der Waals surface area contributed by atoms with Gasteiger partial charge in [-0.1, -0.05) is 35.9 Å². The maximum Gasteiger partial charge on any atom is 0.242 e. The van der Waals surface area contributed by atoms with Gasteiger partial charge in [-0.25, -0.2) is 4.39 Å². The van der Waals surface area contributed by atoms with Crippen LogP contribution in [0.25, 0.3) is 0 Å². The van der Waals surface area contributed by atoms with Crippen LogP contribution >= 0.6 is 11.6 Å². The minimum Gasteiger partial charge on any atom is -0.382 e. The van der Waals surface area contributed by atoms with Crippen LogP contribution in [0.5, 0.6) is 0 Å². The van der Waals surface area contributed by atoms with Gasteiger partial charge in [-0.2, -0.15) is 0 Å². The number of amides is 2. The van der Waals surface area contributed by atoms with Crippen LogP contribution in [0.3, 0.4) is 0 Å². The number of allylic oxidation sites excluding steroid dienone is 2. The highest BCUT2D eigenvalue weighted by molar-refractivity contribution is 6.30. The molecular weight excluding hydrogens is 471 g/mol. The lowest BCUT2D eigenvalue weighted by Gasteiger charge is -2.26. The van der Waals surface area contributed by atoms with E-state index in [0.717, 1.165) is 12.5 Å². The van der Waals surface area contributed by atoms with Crippen LogP contribution in [0.1, 0.15) is 45.6 Å². The third-order valence-electron chi connectivity index (χ3n) is 5.56. The number of carbonyl (C=O) groups is 3. The second-order valence-corrected chi connectivity index (χ2v) is 9.50. The van der Waals surface area contributed by atoms with Gasteiger partial charge in [0.05, 0.1) is 18.1 Å². The number of rotatable bonds is 15. The van der Waals surface area contributed by atoms with E-state index in [1.807, 2.05) is 26.0 Å². The molecule has 0 radical (unpaired) electrons. The van der Waals surface area contributed by atoms with Gasteiger partial charge in [-0.05, 0) is 64.4 Å². The Kier molecular flexibility index (Phi) is 11.9. The van der Waals surface area contributed by atoms with Crippen molar-refractivity contribution in [2.24, 2.45) is 5.92 Å². The van der Waals surface area contributed by atoms with Crippen LogP contribution in [0, 0.1) is 11.7 Å². The van der Waals surface area contributed by atoms with E-state index >= 15 is 0 Å². The zero-order valence-corrected chi connectivity index (χ0v) is 21.4. The monoisotopic (exact) mass is 506 g/mol. The Morgan fingerprint density at radius 2 is 1.97 bits per heavy atom. The summed E-state index contributed by atoms with van der Waals surface area (Å²) in [4.78, 5) is 37.9. The summed E-state index contributed by atoms with van der Waals surface area (Å²) in [5.74, 6) is -0.336. The topological polar surface area (TPSA) is 90.5 Å². The molecule has 9 heteroatoms. The van der Waals surface area contributed by atoms with Crippen LogP contribution in [-0.2, 0) is 20.9 Å². The molecule has 3 N–H and O–H groups in total. The summed E-state index contributed by atoms with van der Waals surface area (Å²) in [5, 5.41) is 8.97. The number of carbonyl (C=O) groups excluding carboxylic acids is 3. The highest BCUT2D eigenvalue weighted by atomic mass is 35.5.